The van der Waals surface area contributed by atoms with Crippen LogP contribution in [0.1, 0.15) is 25.7 Å². The van der Waals surface area contributed by atoms with Gasteiger partial charge in [-0.25, -0.2) is 8.78 Å². The molecular weight excluding hydrogens is 278 g/mol. The molecule has 2 heterocycles. The summed E-state index contributed by atoms with van der Waals surface area (Å²) in [5.41, 5.74) is -1.44. The maximum Gasteiger partial charge on any atom is 0.284 e. The van der Waals surface area contributed by atoms with Crippen molar-refractivity contribution in [3.8, 4) is 0 Å². The van der Waals surface area contributed by atoms with Crippen molar-refractivity contribution < 1.29 is 18.3 Å². The van der Waals surface area contributed by atoms with Crippen LogP contribution in [0.4, 0.5) is 8.78 Å². The van der Waals surface area contributed by atoms with Crippen molar-refractivity contribution in [3.63, 3.8) is 0 Å². The zero-order valence-electron chi connectivity index (χ0n) is 12.1. The first-order valence-corrected chi connectivity index (χ1v) is 7.75. The molecule has 3 fully saturated rings. The molecule has 21 heavy (non-hydrogen) atoms. The standard InChI is InChI=1S/C15H22F2N2O2/c16-15(17)12-5-4-10-21-14(12,15)11-18-13(20)6-3-9-19-7-1-2-8-19/h3,6,12H,1-2,4-5,7-11H2,(H,18,20)/b6-3+/t12-,14+/m1/s1. The molecule has 1 saturated carbocycles. The maximum atomic E-state index is 13.8. The van der Waals surface area contributed by atoms with Crippen molar-refractivity contribution in [1.82, 2.24) is 10.2 Å². The maximum absolute atomic E-state index is 13.8. The Morgan fingerprint density at radius 2 is 2.10 bits per heavy atom. The van der Waals surface area contributed by atoms with Crippen molar-refractivity contribution in [2.24, 2.45) is 5.92 Å². The number of rotatable bonds is 5. The Morgan fingerprint density at radius 3 is 2.81 bits per heavy atom. The number of amides is 1. The van der Waals surface area contributed by atoms with Crippen LogP contribution in [0, 0.1) is 5.92 Å². The van der Waals surface area contributed by atoms with Gasteiger partial charge in [-0.05, 0) is 38.8 Å². The molecule has 0 unspecified atom stereocenters. The van der Waals surface area contributed by atoms with Gasteiger partial charge < -0.3 is 10.1 Å². The average molecular weight is 300 g/mol. The first-order valence-electron chi connectivity index (χ1n) is 7.75. The molecule has 1 aliphatic carbocycles. The number of ether oxygens (including phenoxy) is 1. The van der Waals surface area contributed by atoms with E-state index in [0.717, 1.165) is 19.6 Å². The third-order valence-electron chi connectivity index (χ3n) is 4.83. The highest BCUT2D eigenvalue weighted by atomic mass is 19.3. The molecule has 1 amide bonds. The SMILES string of the molecule is O=C(/C=C/CN1CCCC1)NC[C@]12OCCC[C@H]1C2(F)F. The van der Waals surface area contributed by atoms with Gasteiger partial charge in [-0.3, -0.25) is 9.69 Å². The molecule has 2 aliphatic heterocycles. The van der Waals surface area contributed by atoms with E-state index in [1.54, 1.807) is 6.08 Å². The van der Waals surface area contributed by atoms with Gasteiger partial charge in [0.25, 0.3) is 5.92 Å². The van der Waals surface area contributed by atoms with E-state index in [4.69, 9.17) is 4.74 Å². The van der Waals surface area contributed by atoms with Gasteiger partial charge in [-0.15, -0.1) is 0 Å². The van der Waals surface area contributed by atoms with Gasteiger partial charge in [0.2, 0.25) is 5.91 Å². The summed E-state index contributed by atoms with van der Waals surface area (Å²) in [5, 5.41) is 2.57. The minimum absolute atomic E-state index is 0.0996. The number of nitrogens with zero attached hydrogens (tertiary/aromatic N) is 1. The van der Waals surface area contributed by atoms with Crippen molar-refractivity contribution in [2.45, 2.75) is 37.2 Å². The molecule has 0 spiro atoms. The number of likely N-dealkylation sites (tertiary alicyclic amines) is 1. The number of fused-ring (bicyclic) bond motifs is 1. The van der Waals surface area contributed by atoms with Crippen LogP contribution in [-0.2, 0) is 9.53 Å². The largest absolute Gasteiger partial charge is 0.366 e. The summed E-state index contributed by atoms with van der Waals surface area (Å²) in [7, 11) is 0. The Kier molecular flexibility index (Phi) is 4.01. The van der Waals surface area contributed by atoms with E-state index in [2.05, 4.69) is 10.2 Å². The smallest absolute Gasteiger partial charge is 0.284 e. The van der Waals surface area contributed by atoms with Gasteiger partial charge in [0.05, 0.1) is 12.5 Å². The van der Waals surface area contributed by atoms with Gasteiger partial charge in [-0.2, -0.15) is 0 Å². The molecule has 118 valence electrons. The number of nitrogens with one attached hydrogen (secondary N) is 1. The van der Waals surface area contributed by atoms with Crippen molar-refractivity contribution in [2.75, 3.05) is 32.8 Å². The molecule has 3 aliphatic rings. The Balaban J connectivity index is 1.44. The normalized spacial score (nSPS) is 34.9. The predicted octanol–water partition coefficient (Wildman–Crippen LogP) is 1.57. The fraction of sp³-hybridized carbons (Fsp3) is 0.800. The molecule has 0 aromatic carbocycles. The van der Waals surface area contributed by atoms with E-state index in [1.807, 2.05) is 0 Å². The lowest BCUT2D eigenvalue weighted by molar-refractivity contribution is -0.118. The summed E-state index contributed by atoms with van der Waals surface area (Å²) in [5.74, 6) is -3.84. The first-order chi connectivity index (χ1) is 10.1. The summed E-state index contributed by atoms with van der Waals surface area (Å²) in [6.45, 7) is 3.13. The zero-order valence-corrected chi connectivity index (χ0v) is 12.1. The number of hydrogen-bond acceptors (Lipinski definition) is 3. The summed E-state index contributed by atoms with van der Waals surface area (Å²) >= 11 is 0. The highest BCUT2D eigenvalue weighted by Gasteiger charge is 2.82. The Hall–Kier alpha value is -1.01. The van der Waals surface area contributed by atoms with Gasteiger partial charge in [0.15, 0.2) is 5.60 Å². The van der Waals surface area contributed by atoms with Crippen LogP contribution in [0.25, 0.3) is 0 Å². The molecule has 4 nitrogen and oxygen atoms in total. The molecule has 2 saturated heterocycles. The third kappa shape index (κ3) is 2.71. The topological polar surface area (TPSA) is 41.6 Å². The second kappa shape index (κ2) is 5.65. The van der Waals surface area contributed by atoms with Crippen LogP contribution in [0.2, 0.25) is 0 Å². The van der Waals surface area contributed by atoms with Crippen molar-refractivity contribution in [3.05, 3.63) is 12.2 Å². The second-order valence-electron chi connectivity index (χ2n) is 6.18. The Bertz CT molecular complexity index is 435. The quantitative estimate of drug-likeness (QED) is 0.784. The first kappa shape index (κ1) is 14.9. The molecule has 1 N–H and O–H groups in total. The molecule has 3 rings (SSSR count). The fourth-order valence-electron chi connectivity index (χ4n) is 3.50. The van der Waals surface area contributed by atoms with Gasteiger partial charge >= 0.3 is 0 Å². The van der Waals surface area contributed by atoms with E-state index in [0.29, 0.717) is 19.4 Å². The average Bonchev–Trinajstić information content (AvgIpc) is 2.84. The van der Waals surface area contributed by atoms with Crippen LogP contribution in [0.15, 0.2) is 12.2 Å². The van der Waals surface area contributed by atoms with Crippen LogP contribution >= 0.6 is 0 Å². The molecule has 0 radical (unpaired) electrons. The monoisotopic (exact) mass is 300 g/mol. The molecule has 0 bridgehead atoms. The number of hydrogen-bond donors (Lipinski definition) is 1. The molecule has 0 aromatic heterocycles. The lowest BCUT2D eigenvalue weighted by atomic mass is 10.1. The summed E-state index contributed by atoms with van der Waals surface area (Å²) in [6, 6.07) is 0. The van der Waals surface area contributed by atoms with Gasteiger partial charge in [0, 0.05) is 19.2 Å². The lowest BCUT2D eigenvalue weighted by Crippen LogP contribution is -2.40. The minimum atomic E-state index is -2.80. The van der Waals surface area contributed by atoms with Crippen LogP contribution in [0.5, 0.6) is 0 Å². The van der Waals surface area contributed by atoms with E-state index in [9.17, 15) is 13.6 Å². The summed E-state index contributed by atoms with van der Waals surface area (Å²) in [4.78, 5) is 14.0. The molecule has 6 heteroatoms. The van der Waals surface area contributed by atoms with Crippen LogP contribution < -0.4 is 5.32 Å². The van der Waals surface area contributed by atoms with Crippen LogP contribution in [0.3, 0.4) is 0 Å². The number of alkyl halides is 2. The Labute approximate surface area is 123 Å². The molecule has 0 aromatic rings. The van der Waals surface area contributed by atoms with Gasteiger partial charge in [-0.1, -0.05) is 6.08 Å². The number of carbonyl (C=O) groups excluding carboxylic acids is 1. The number of halogens is 2. The second-order valence-corrected chi connectivity index (χ2v) is 6.18. The van der Waals surface area contributed by atoms with Gasteiger partial charge in [0.1, 0.15) is 0 Å². The van der Waals surface area contributed by atoms with E-state index in [1.165, 1.54) is 18.9 Å². The van der Waals surface area contributed by atoms with E-state index in [-0.39, 0.29) is 12.5 Å². The minimum Gasteiger partial charge on any atom is -0.366 e. The zero-order chi connectivity index (χ0) is 14.9. The summed E-state index contributed by atoms with van der Waals surface area (Å²) in [6.07, 6.45) is 6.79. The van der Waals surface area contributed by atoms with Crippen molar-refractivity contribution in [1.29, 1.82) is 0 Å². The summed E-state index contributed by atoms with van der Waals surface area (Å²) < 4.78 is 32.8. The highest BCUT2D eigenvalue weighted by Crippen LogP contribution is 2.64. The molecular formula is C15H22F2N2O2. The molecule has 2 atom stereocenters. The fourth-order valence-corrected chi connectivity index (χ4v) is 3.50. The predicted molar refractivity (Wildman–Crippen MR) is 74.2 cm³/mol. The van der Waals surface area contributed by atoms with Crippen LogP contribution in [-0.4, -0.2) is 55.1 Å². The third-order valence-corrected chi connectivity index (χ3v) is 4.83. The van der Waals surface area contributed by atoms with E-state index >= 15 is 0 Å². The van der Waals surface area contributed by atoms with Crippen molar-refractivity contribution >= 4 is 5.91 Å². The Morgan fingerprint density at radius 1 is 1.33 bits per heavy atom. The lowest BCUT2D eigenvalue weighted by Gasteiger charge is -2.21. The highest BCUT2D eigenvalue weighted by molar-refractivity contribution is 5.87. The van der Waals surface area contributed by atoms with E-state index < -0.39 is 17.4 Å². The number of carbonyl (C=O) groups is 1.